The van der Waals surface area contributed by atoms with Crippen LogP contribution in [0.4, 0.5) is 13.2 Å². The molecule has 0 amide bonds. The summed E-state index contributed by atoms with van der Waals surface area (Å²) in [6, 6.07) is 12.3. The Kier molecular flexibility index (Phi) is 4.89. The van der Waals surface area contributed by atoms with Crippen LogP contribution in [-0.2, 0) is 12.6 Å². The summed E-state index contributed by atoms with van der Waals surface area (Å²) in [6.45, 7) is 2.14. The van der Waals surface area contributed by atoms with Crippen molar-refractivity contribution < 1.29 is 17.9 Å². The topological polar surface area (TPSA) is 9.23 Å². The lowest BCUT2D eigenvalue weighted by molar-refractivity contribution is -0.137. The molecule has 2 aromatic carbocycles. The van der Waals surface area contributed by atoms with E-state index in [0.29, 0.717) is 11.5 Å². The molecular formula is C17H17F3O. The standard InChI is InChI=1S/C17H17F3O/c1-2-3-4-13-5-9-15(10-6-13)21-16-11-7-14(8-12-16)17(18,19)20/h5-12H,2-4H2,1H3. The fraction of sp³-hybridized carbons (Fsp3) is 0.294. The molecule has 1 nitrogen and oxygen atoms in total. The van der Waals surface area contributed by atoms with Gasteiger partial charge in [-0.15, -0.1) is 0 Å². The van der Waals surface area contributed by atoms with Crippen molar-refractivity contribution in [3.05, 3.63) is 59.7 Å². The Balaban J connectivity index is 2.01. The summed E-state index contributed by atoms with van der Waals surface area (Å²) in [4.78, 5) is 0. The van der Waals surface area contributed by atoms with Crippen LogP contribution in [0.1, 0.15) is 30.9 Å². The molecule has 2 aromatic rings. The maximum Gasteiger partial charge on any atom is 0.416 e. The highest BCUT2D eigenvalue weighted by Crippen LogP contribution is 2.31. The van der Waals surface area contributed by atoms with Crippen LogP contribution in [0, 0.1) is 0 Å². The predicted octanol–water partition coefficient (Wildman–Crippen LogP) is 5.84. The lowest BCUT2D eigenvalue weighted by atomic mass is 10.1. The zero-order chi connectivity index (χ0) is 15.3. The maximum absolute atomic E-state index is 12.5. The van der Waals surface area contributed by atoms with Crippen LogP contribution in [-0.4, -0.2) is 0 Å². The minimum Gasteiger partial charge on any atom is -0.457 e. The Morgan fingerprint density at radius 2 is 1.38 bits per heavy atom. The van der Waals surface area contributed by atoms with Gasteiger partial charge in [-0.1, -0.05) is 25.5 Å². The molecule has 0 fully saturated rings. The molecule has 0 saturated heterocycles. The van der Waals surface area contributed by atoms with Crippen LogP contribution in [0.3, 0.4) is 0 Å². The molecule has 0 aliphatic rings. The van der Waals surface area contributed by atoms with Gasteiger partial charge in [0.25, 0.3) is 0 Å². The minimum atomic E-state index is -4.32. The molecule has 21 heavy (non-hydrogen) atoms. The summed E-state index contributed by atoms with van der Waals surface area (Å²) in [5, 5.41) is 0. The SMILES string of the molecule is CCCCc1ccc(Oc2ccc(C(F)(F)F)cc2)cc1. The molecule has 0 unspecified atom stereocenters. The van der Waals surface area contributed by atoms with E-state index in [2.05, 4.69) is 6.92 Å². The largest absolute Gasteiger partial charge is 0.457 e. The number of hydrogen-bond donors (Lipinski definition) is 0. The van der Waals surface area contributed by atoms with Gasteiger partial charge in [0.2, 0.25) is 0 Å². The van der Waals surface area contributed by atoms with Crippen molar-refractivity contribution in [2.75, 3.05) is 0 Å². The van der Waals surface area contributed by atoms with Gasteiger partial charge in [0.15, 0.2) is 0 Å². The zero-order valence-electron chi connectivity index (χ0n) is 11.8. The summed E-state index contributed by atoms with van der Waals surface area (Å²) in [6.07, 6.45) is -1.01. The van der Waals surface area contributed by atoms with Crippen molar-refractivity contribution >= 4 is 0 Å². The fourth-order valence-electron chi connectivity index (χ4n) is 1.95. The number of aryl methyl sites for hydroxylation is 1. The van der Waals surface area contributed by atoms with Crippen LogP contribution >= 0.6 is 0 Å². The molecule has 0 N–H and O–H groups in total. The summed E-state index contributed by atoms with van der Waals surface area (Å²) in [5.41, 5.74) is 0.557. The number of halogens is 3. The second kappa shape index (κ2) is 6.66. The molecule has 0 bridgehead atoms. The van der Waals surface area contributed by atoms with Gasteiger partial charge in [-0.2, -0.15) is 13.2 Å². The Labute approximate surface area is 122 Å². The highest BCUT2D eigenvalue weighted by Gasteiger charge is 2.30. The van der Waals surface area contributed by atoms with E-state index in [1.807, 2.05) is 24.3 Å². The summed E-state index contributed by atoms with van der Waals surface area (Å²) in [5.74, 6) is 1.01. The molecule has 0 saturated carbocycles. The first-order chi connectivity index (χ1) is 9.99. The highest BCUT2D eigenvalue weighted by molar-refractivity contribution is 5.35. The number of hydrogen-bond acceptors (Lipinski definition) is 1. The van der Waals surface area contributed by atoms with E-state index in [1.165, 1.54) is 17.7 Å². The Bertz CT molecular complexity index is 556. The molecule has 0 spiro atoms. The Morgan fingerprint density at radius 3 is 1.86 bits per heavy atom. The molecule has 112 valence electrons. The number of ether oxygens (including phenoxy) is 1. The Morgan fingerprint density at radius 1 is 0.857 bits per heavy atom. The lowest BCUT2D eigenvalue weighted by Gasteiger charge is -2.09. The molecule has 0 atom stereocenters. The Hall–Kier alpha value is -1.97. The summed E-state index contributed by atoms with van der Waals surface area (Å²) in [7, 11) is 0. The van der Waals surface area contributed by atoms with Crippen LogP contribution in [0.15, 0.2) is 48.5 Å². The van der Waals surface area contributed by atoms with Gasteiger partial charge in [-0.05, 0) is 54.8 Å². The van der Waals surface area contributed by atoms with Gasteiger partial charge in [-0.25, -0.2) is 0 Å². The molecule has 0 heterocycles. The monoisotopic (exact) mass is 294 g/mol. The molecule has 4 heteroatoms. The summed E-state index contributed by atoms with van der Waals surface area (Å²) >= 11 is 0. The minimum absolute atomic E-state index is 0.393. The van der Waals surface area contributed by atoms with Gasteiger partial charge in [0, 0.05) is 0 Å². The second-order valence-corrected chi connectivity index (χ2v) is 4.87. The van der Waals surface area contributed by atoms with Crippen LogP contribution < -0.4 is 4.74 Å². The van der Waals surface area contributed by atoms with Gasteiger partial charge < -0.3 is 4.74 Å². The highest BCUT2D eigenvalue weighted by atomic mass is 19.4. The van der Waals surface area contributed by atoms with Crippen molar-refractivity contribution in [3.63, 3.8) is 0 Å². The molecule has 2 rings (SSSR count). The van der Waals surface area contributed by atoms with E-state index < -0.39 is 11.7 Å². The molecule has 0 aromatic heterocycles. The van der Waals surface area contributed by atoms with Crippen molar-refractivity contribution in [1.82, 2.24) is 0 Å². The van der Waals surface area contributed by atoms with E-state index in [-0.39, 0.29) is 0 Å². The van der Waals surface area contributed by atoms with Gasteiger partial charge >= 0.3 is 6.18 Å². The number of alkyl halides is 3. The van der Waals surface area contributed by atoms with E-state index in [4.69, 9.17) is 4.74 Å². The number of rotatable bonds is 5. The van der Waals surface area contributed by atoms with E-state index >= 15 is 0 Å². The van der Waals surface area contributed by atoms with Crippen molar-refractivity contribution in [2.45, 2.75) is 32.4 Å². The van der Waals surface area contributed by atoms with Gasteiger partial charge in [0.1, 0.15) is 11.5 Å². The first-order valence-electron chi connectivity index (χ1n) is 6.93. The lowest BCUT2D eigenvalue weighted by Crippen LogP contribution is -2.03. The maximum atomic E-state index is 12.5. The van der Waals surface area contributed by atoms with E-state index in [0.717, 1.165) is 31.4 Å². The van der Waals surface area contributed by atoms with E-state index in [1.54, 1.807) is 0 Å². The third kappa shape index (κ3) is 4.52. The van der Waals surface area contributed by atoms with Crippen molar-refractivity contribution in [1.29, 1.82) is 0 Å². The van der Waals surface area contributed by atoms with E-state index in [9.17, 15) is 13.2 Å². The molecular weight excluding hydrogens is 277 g/mol. The third-order valence-corrected chi connectivity index (χ3v) is 3.16. The van der Waals surface area contributed by atoms with Crippen LogP contribution in [0.2, 0.25) is 0 Å². The predicted molar refractivity (Wildman–Crippen MR) is 76.6 cm³/mol. The van der Waals surface area contributed by atoms with Gasteiger partial charge in [-0.3, -0.25) is 0 Å². The van der Waals surface area contributed by atoms with Gasteiger partial charge in [0.05, 0.1) is 5.56 Å². The number of unbranched alkanes of at least 4 members (excludes halogenated alkanes) is 1. The first kappa shape index (κ1) is 15.4. The average molecular weight is 294 g/mol. The fourth-order valence-corrected chi connectivity index (χ4v) is 1.95. The molecule has 0 aliphatic carbocycles. The quantitative estimate of drug-likeness (QED) is 0.673. The molecule has 0 aliphatic heterocycles. The smallest absolute Gasteiger partial charge is 0.416 e. The van der Waals surface area contributed by atoms with Crippen molar-refractivity contribution in [3.8, 4) is 11.5 Å². The second-order valence-electron chi connectivity index (χ2n) is 4.87. The average Bonchev–Trinajstić information content (AvgIpc) is 2.46. The zero-order valence-corrected chi connectivity index (χ0v) is 11.8. The van der Waals surface area contributed by atoms with Crippen LogP contribution in [0.5, 0.6) is 11.5 Å². The number of benzene rings is 2. The third-order valence-electron chi connectivity index (χ3n) is 3.16. The molecule has 0 radical (unpaired) electrons. The van der Waals surface area contributed by atoms with Crippen molar-refractivity contribution in [2.24, 2.45) is 0 Å². The first-order valence-corrected chi connectivity index (χ1v) is 6.93. The summed E-state index contributed by atoms with van der Waals surface area (Å²) < 4.78 is 42.9. The van der Waals surface area contributed by atoms with Crippen LogP contribution in [0.25, 0.3) is 0 Å². The normalized spacial score (nSPS) is 11.4.